The first-order chi connectivity index (χ1) is 6.24. The number of thioether (sulfide) groups is 1. The Kier molecular flexibility index (Phi) is 3.78. The number of imidazole rings is 1. The van der Waals surface area contributed by atoms with E-state index in [1.807, 2.05) is 0 Å². The monoisotopic (exact) mass is 201 g/mol. The Morgan fingerprint density at radius 3 is 3.08 bits per heavy atom. The van der Waals surface area contributed by atoms with E-state index in [-0.39, 0.29) is 0 Å². The quantitative estimate of drug-likeness (QED) is 0.596. The van der Waals surface area contributed by atoms with Gasteiger partial charge in [-0.3, -0.25) is 4.79 Å². The third-order valence-electron chi connectivity index (χ3n) is 1.43. The van der Waals surface area contributed by atoms with Crippen LogP contribution in [0.2, 0.25) is 0 Å². The Bertz CT molecular complexity index is 263. The van der Waals surface area contributed by atoms with Crippen LogP contribution < -0.4 is 5.73 Å². The molecule has 72 valence electrons. The largest absolute Gasteiger partial charge is 0.480 e. The summed E-state index contributed by atoms with van der Waals surface area (Å²) in [5.74, 6) is -0.855. The minimum Gasteiger partial charge on any atom is -0.480 e. The highest BCUT2D eigenvalue weighted by atomic mass is 32.2. The van der Waals surface area contributed by atoms with Crippen molar-refractivity contribution >= 4 is 17.7 Å². The number of rotatable bonds is 5. The first-order valence-electron chi connectivity index (χ1n) is 3.83. The van der Waals surface area contributed by atoms with Gasteiger partial charge in [0.15, 0.2) is 5.16 Å². The fourth-order valence-electron chi connectivity index (χ4n) is 0.834. The lowest BCUT2D eigenvalue weighted by molar-refractivity contribution is -0.136. The van der Waals surface area contributed by atoms with Gasteiger partial charge in [0, 0.05) is 12.4 Å². The number of nitrogens with zero attached hydrogens (tertiary/aromatic N) is 1. The number of H-pyrrole nitrogens is 1. The molecular formula is C7H11N3O2S. The molecule has 0 saturated carbocycles. The number of aromatic nitrogens is 2. The molecule has 0 aromatic carbocycles. The Morgan fingerprint density at radius 2 is 2.62 bits per heavy atom. The summed E-state index contributed by atoms with van der Waals surface area (Å²) in [7, 11) is 0. The zero-order valence-electron chi connectivity index (χ0n) is 6.93. The first-order valence-corrected chi connectivity index (χ1v) is 4.71. The van der Waals surface area contributed by atoms with Crippen LogP contribution in [0.1, 0.15) is 6.42 Å². The van der Waals surface area contributed by atoms with Crippen LogP contribution >= 0.6 is 11.8 Å². The van der Waals surface area contributed by atoms with Gasteiger partial charge in [-0.05, 0) is 13.0 Å². The minimum absolute atomic E-state index is 0.366. The van der Waals surface area contributed by atoms with Gasteiger partial charge in [-0.25, -0.2) is 4.98 Å². The van der Waals surface area contributed by atoms with Gasteiger partial charge in [-0.1, -0.05) is 11.8 Å². The normalized spacial score (nSPS) is 12.7. The Morgan fingerprint density at radius 1 is 1.85 bits per heavy atom. The van der Waals surface area contributed by atoms with E-state index >= 15 is 0 Å². The lowest BCUT2D eigenvalue weighted by Gasteiger charge is -2.07. The van der Waals surface area contributed by atoms with Crippen LogP contribution in [-0.2, 0) is 4.79 Å². The van der Waals surface area contributed by atoms with Gasteiger partial charge in [0.1, 0.15) is 5.25 Å². The van der Waals surface area contributed by atoms with Crippen LogP contribution in [0.3, 0.4) is 0 Å². The van der Waals surface area contributed by atoms with Crippen LogP contribution in [0.15, 0.2) is 17.6 Å². The summed E-state index contributed by atoms with van der Waals surface area (Å²) in [6, 6.07) is 0. The molecule has 0 amide bonds. The number of hydrogen-bond donors (Lipinski definition) is 3. The highest BCUT2D eigenvalue weighted by molar-refractivity contribution is 8.00. The van der Waals surface area contributed by atoms with Gasteiger partial charge < -0.3 is 15.8 Å². The zero-order chi connectivity index (χ0) is 9.68. The molecule has 0 saturated heterocycles. The van der Waals surface area contributed by atoms with Crippen molar-refractivity contribution in [2.75, 3.05) is 6.54 Å². The standard InChI is InChI=1S/C7H11N3O2S/c8-2-1-5(6(11)12)13-7-9-3-4-10-7/h3-5H,1-2,8H2,(H,9,10)(H,11,12). The second-order valence-electron chi connectivity index (χ2n) is 2.42. The number of aliphatic carboxylic acids is 1. The second kappa shape index (κ2) is 4.88. The van der Waals surface area contributed by atoms with Crippen molar-refractivity contribution in [1.82, 2.24) is 9.97 Å². The van der Waals surface area contributed by atoms with Crippen LogP contribution in [0.25, 0.3) is 0 Å². The van der Waals surface area contributed by atoms with E-state index in [0.29, 0.717) is 18.1 Å². The molecule has 0 spiro atoms. The van der Waals surface area contributed by atoms with E-state index in [2.05, 4.69) is 9.97 Å². The van der Waals surface area contributed by atoms with Crippen LogP contribution in [0, 0.1) is 0 Å². The average molecular weight is 201 g/mol. The van der Waals surface area contributed by atoms with E-state index in [1.165, 1.54) is 11.8 Å². The van der Waals surface area contributed by atoms with Gasteiger partial charge in [-0.2, -0.15) is 0 Å². The molecule has 4 N–H and O–H groups in total. The molecule has 0 bridgehead atoms. The van der Waals surface area contributed by atoms with Crippen molar-refractivity contribution < 1.29 is 9.90 Å². The molecule has 1 heterocycles. The molecule has 0 fully saturated rings. The molecule has 1 aromatic heterocycles. The van der Waals surface area contributed by atoms with E-state index in [0.717, 1.165) is 0 Å². The molecule has 1 rings (SSSR count). The number of carboxylic acid groups (broad SMARTS) is 1. The van der Waals surface area contributed by atoms with Gasteiger partial charge in [0.05, 0.1) is 0 Å². The molecular weight excluding hydrogens is 190 g/mol. The second-order valence-corrected chi connectivity index (χ2v) is 3.61. The summed E-state index contributed by atoms with van der Waals surface area (Å²) in [6.45, 7) is 0.366. The van der Waals surface area contributed by atoms with Crippen molar-refractivity contribution in [3.63, 3.8) is 0 Å². The molecule has 6 heteroatoms. The van der Waals surface area contributed by atoms with Crippen molar-refractivity contribution in [1.29, 1.82) is 0 Å². The van der Waals surface area contributed by atoms with Crippen LogP contribution in [0.4, 0.5) is 0 Å². The molecule has 0 radical (unpaired) electrons. The summed E-state index contributed by atoms with van der Waals surface area (Å²) < 4.78 is 0. The molecule has 5 nitrogen and oxygen atoms in total. The van der Waals surface area contributed by atoms with E-state index in [1.54, 1.807) is 12.4 Å². The smallest absolute Gasteiger partial charge is 0.317 e. The first kappa shape index (κ1) is 10.1. The highest BCUT2D eigenvalue weighted by Crippen LogP contribution is 2.21. The zero-order valence-corrected chi connectivity index (χ0v) is 7.75. The van der Waals surface area contributed by atoms with Crippen molar-refractivity contribution in [2.45, 2.75) is 16.8 Å². The maximum Gasteiger partial charge on any atom is 0.317 e. The predicted octanol–water partition coefficient (Wildman–Crippen LogP) is 0.304. The summed E-state index contributed by atoms with van der Waals surface area (Å²) in [4.78, 5) is 17.5. The molecule has 0 aliphatic carbocycles. The molecule has 0 aliphatic heterocycles. The summed E-state index contributed by atoms with van der Waals surface area (Å²) in [5, 5.41) is 8.88. The molecule has 1 aromatic rings. The van der Waals surface area contributed by atoms with Crippen molar-refractivity contribution in [3.8, 4) is 0 Å². The van der Waals surface area contributed by atoms with Gasteiger partial charge in [0.2, 0.25) is 0 Å². The SMILES string of the molecule is NCCC(Sc1ncc[nH]1)C(=O)O. The predicted molar refractivity (Wildman–Crippen MR) is 49.5 cm³/mol. The topological polar surface area (TPSA) is 92.0 Å². The van der Waals surface area contributed by atoms with Gasteiger partial charge in [0.25, 0.3) is 0 Å². The summed E-state index contributed by atoms with van der Waals surface area (Å²) in [6.07, 6.45) is 3.69. The molecule has 13 heavy (non-hydrogen) atoms. The number of carbonyl (C=O) groups is 1. The lowest BCUT2D eigenvalue weighted by atomic mass is 10.3. The lowest BCUT2D eigenvalue weighted by Crippen LogP contribution is -2.20. The van der Waals surface area contributed by atoms with Gasteiger partial charge in [-0.15, -0.1) is 0 Å². The van der Waals surface area contributed by atoms with Crippen LogP contribution in [0.5, 0.6) is 0 Å². The molecule has 0 aliphatic rings. The fraction of sp³-hybridized carbons (Fsp3) is 0.429. The third kappa shape index (κ3) is 3.08. The summed E-state index contributed by atoms with van der Waals surface area (Å²) >= 11 is 1.18. The minimum atomic E-state index is -0.855. The Balaban J connectivity index is 2.52. The number of hydrogen-bond acceptors (Lipinski definition) is 4. The molecule has 1 unspecified atom stereocenters. The van der Waals surface area contributed by atoms with Crippen LogP contribution in [-0.4, -0.2) is 32.8 Å². The third-order valence-corrected chi connectivity index (χ3v) is 2.60. The van der Waals surface area contributed by atoms with E-state index in [9.17, 15) is 4.79 Å². The number of carboxylic acids is 1. The maximum atomic E-state index is 10.7. The van der Waals surface area contributed by atoms with Crippen molar-refractivity contribution in [2.24, 2.45) is 5.73 Å². The summed E-state index contributed by atoms with van der Waals surface area (Å²) in [5.41, 5.74) is 5.29. The van der Waals surface area contributed by atoms with Gasteiger partial charge >= 0.3 is 5.97 Å². The fourth-order valence-corrected chi connectivity index (χ4v) is 1.72. The maximum absolute atomic E-state index is 10.7. The molecule has 1 atom stereocenters. The highest BCUT2D eigenvalue weighted by Gasteiger charge is 2.18. The number of nitrogens with two attached hydrogens (primary N) is 1. The van der Waals surface area contributed by atoms with E-state index in [4.69, 9.17) is 10.8 Å². The van der Waals surface area contributed by atoms with Crippen molar-refractivity contribution in [3.05, 3.63) is 12.4 Å². The Hall–Kier alpha value is -1.01. The van der Waals surface area contributed by atoms with E-state index < -0.39 is 11.2 Å². The number of aromatic amines is 1. The number of nitrogens with one attached hydrogen (secondary N) is 1. The average Bonchev–Trinajstić information content (AvgIpc) is 2.56. The Labute approximate surface area is 79.7 Å².